The predicted molar refractivity (Wildman–Crippen MR) is 74.3 cm³/mol. The van der Waals surface area contributed by atoms with Crippen LogP contribution < -0.4 is 5.32 Å². The summed E-state index contributed by atoms with van der Waals surface area (Å²) < 4.78 is 0. The van der Waals surface area contributed by atoms with E-state index in [2.05, 4.69) is 24.1 Å². The maximum atomic E-state index is 3.53. The quantitative estimate of drug-likeness (QED) is 0.810. The topological polar surface area (TPSA) is 15.3 Å². The van der Waals surface area contributed by atoms with Crippen LogP contribution in [0.3, 0.4) is 0 Å². The molecule has 0 bridgehead atoms. The van der Waals surface area contributed by atoms with Gasteiger partial charge in [-0.2, -0.15) is 0 Å². The minimum absolute atomic E-state index is 0.695. The largest absolute Gasteiger partial charge is 0.312 e. The van der Waals surface area contributed by atoms with Gasteiger partial charge >= 0.3 is 0 Å². The fourth-order valence-electron chi connectivity index (χ4n) is 3.65. The van der Waals surface area contributed by atoms with Crippen LogP contribution in [0.2, 0.25) is 0 Å². The highest BCUT2D eigenvalue weighted by Gasteiger charge is 2.24. The zero-order chi connectivity index (χ0) is 12.1. The third kappa shape index (κ3) is 4.26. The van der Waals surface area contributed by atoms with E-state index in [1.54, 1.807) is 0 Å². The fourth-order valence-corrected chi connectivity index (χ4v) is 3.65. The summed E-state index contributed by atoms with van der Waals surface area (Å²) in [4.78, 5) is 2.69. The van der Waals surface area contributed by atoms with Crippen LogP contribution >= 0.6 is 0 Å². The highest BCUT2D eigenvalue weighted by molar-refractivity contribution is 4.79. The second-order valence-corrected chi connectivity index (χ2v) is 6.29. The van der Waals surface area contributed by atoms with Crippen molar-refractivity contribution in [1.29, 1.82) is 0 Å². The molecule has 0 aromatic carbocycles. The van der Waals surface area contributed by atoms with E-state index < -0.39 is 0 Å². The summed E-state index contributed by atoms with van der Waals surface area (Å²) in [5.74, 6) is 2.05. The smallest absolute Gasteiger partial charge is 0.0167 e. The Bertz CT molecular complexity index is 209. The summed E-state index contributed by atoms with van der Waals surface area (Å²) in [6.07, 6.45) is 8.83. The normalized spacial score (nSPS) is 36.0. The molecule has 0 amide bonds. The average molecular weight is 238 g/mol. The van der Waals surface area contributed by atoms with Crippen LogP contribution in [-0.2, 0) is 0 Å². The van der Waals surface area contributed by atoms with Gasteiger partial charge in [-0.05, 0) is 31.6 Å². The Balaban J connectivity index is 1.67. The molecule has 0 aromatic heterocycles. The van der Waals surface area contributed by atoms with E-state index in [1.807, 2.05) is 0 Å². The Labute approximate surface area is 107 Å². The van der Waals surface area contributed by atoms with Gasteiger partial charge in [0.1, 0.15) is 0 Å². The van der Waals surface area contributed by atoms with E-state index in [-0.39, 0.29) is 0 Å². The zero-order valence-corrected chi connectivity index (χ0v) is 11.8. The van der Waals surface area contributed by atoms with Gasteiger partial charge in [0.2, 0.25) is 0 Å². The molecule has 1 atom stereocenters. The van der Waals surface area contributed by atoms with Crippen LogP contribution in [0.1, 0.15) is 52.4 Å². The first kappa shape index (κ1) is 13.4. The molecule has 1 saturated carbocycles. The molecule has 17 heavy (non-hydrogen) atoms. The van der Waals surface area contributed by atoms with Crippen molar-refractivity contribution in [2.45, 2.75) is 58.4 Å². The standard InChI is InChI=1S/C15H30N2/c1-3-4-14-5-7-15(8-6-14)12-17-10-9-16-13(2)11-17/h13-16H,3-12H2,1-2H3. The Morgan fingerprint density at radius 3 is 2.47 bits per heavy atom. The van der Waals surface area contributed by atoms with Crippen LogP contribution in [-0.4, -0.2) is 37.1 Å². The van der Waals surface area contributed by atoms with Gasteiger partial charge in [0, 0.05) is 32.2 Å². The van der Waals surface area contributed by atoms with Gasteiger partial charge in [-0.3, -0.25) is 0 Å². The van der Waals surface area contributed by atoms with Gasteiger partial charge in [-0.25, -0.2) is 0 Å². The molecule has 1 aliphatic heterocycles. The molecular formula is C15H30N2. The molecule has 0 spiro atoms. The SMILES string of the molecule is CCCC1CCC(CN2CCNC(C)C2)CC1. The fraction of sp³-hybridized carbons (Fsp3) is 1.00. The molecule has 0 radical (unpaired) electrons. The molecule has 0 aromatic rings. The second-order valence-electron chi connectivity index (χ2n) is 6.29. The monoisotopic (exact) mass is 238 g/mol. The third-order valence-electron chi connectivity index (χ3n) is 4.63. The predicted octanol–water partition coefficient (Wildman–Crippen LogP) is 2.89. The van der Waals surface area contributed by atoms with Crippen LogP contribution in [0.5, 0.6) is 0 Å². The Hall–Kier alpha value is -0.0800. The molecule has 1 saturated heterocycles. The molecule has 1 heterocycles. The number of nitrogens with zero attached hydrogens (tertiary/aromatic N) is 1. The summed E-state index contributed by atoms with van der Waals surface area (Å²) in [5.41, 5.74) is 0. The van der Waals surface area contributed by atoms with Crippen molar-refractivity contribution in [2.75, 3.05) is 26.2 Å². The lowest BCUT2D eigenvalue weighted by Gasteiger charge is -2.36. The number of rotatable bonds is 4. The third-order valence-corrected chi connectivity index (χ3v) is 4.63. The lowest BCUT2D eigenvalue weighted by atomic mass is 9.80. The minimum atomic E-state index is 0.695. The van der Waals surface area contributed by atoms with Gasteiger partial charge in [-0.1, -0.05) is 32.6 Å². The molecule has 1 aliphatic carbocycles. The van der Waals surface area contributed by atoms with E-state index in [0.29, 0.717) is 6.04 Å². The molecule has 2 rings (SSSR count). The Kier molecular flexibility index (Phi) is 5.30. The second kappa shape index (κ2) is 6.75. The molecule has 1 unspecified atom stereocenters. The summed E-state index contributed by atoms with van der Waals surface area (Å²) in [6, 6.07) is 0.695. The number of piperazine rings is 1. The van der Waals surface area contributed by atoms with E-state index in [9.17, 15) is 0 Å². The van der Waals surface area contributed by atoms with Crippen LogP contribution in [0.25, 0.3) is 0 Å². The van der Waals surface area contributed by atoms with Gasteiger partial charge in [0.05, 0.1) is 0 Å². The maximum Gasteiger partial charge on any atom is 0.0167 e. The van der Waals surface area contributed by atoms with E-state index in [4.69, 9.17) is 0 Å². The highest BCUT2D eigenvalue weighted by atomic mass is 15.2. The van der Waals surface area contributed by atoms with Gasteiger partial charge in [-0.15, -0.1) is 0 Å². The molecule has 2 nitrogen and oxygen atoms in total. The number of hydrogen-bond acceptors (Lipinski definition) is 2. The maximum absolute atomic E-state index is 3.53. The van der Waals surface area contributed by atoms with Gasteiger partial charge < -0.3 is 10.2 Å². The molecule has 2 aliphatic rings. The summed E-state index contributed by atoms with van der Waals surface area (Å²) >= 11 is 0. The lowest BCUT2D eigenvalue weighted by Crippen LogP contribution is -2.50. The van der Waals surface area contributed by atoms with Gasteiger partial charge in [0.25, 0.3) is 0 Å². The Morgan fingerprint density at radius 1 is 1.12 bits per heavy atom. The van der Waals surface area contributed by atoms with Crippen LogP contribution in [0, 0.1) is 11.8 Å². The summed E-state index contributed by atoms with van der Waals surface area (Å²) in [7, 11) is 0. The molecular weight excluding hydrogens is 208 g/mol. The van der Waals surface area contributed by atoms with Crippen molar-refractivity contribution in [2.24, 2.45) is 11.8 Å². The molecule has 100 valence electrons. The van der Waals surface area contributed by atoms with Gasteiger partial charge in [0.15, 0.2) is 0 Å². The number of hydrogen-bond donors (Lipinski definition) is 1. The first-order chi connectivity index (χ1) is 8.28. The van der Waals surface area contributed by atoms with Crippen LogP contribution in [0.4, 0.5) is 0 Å². The summed E-state index contributed by atoms with van der Waals surface area (Å²) in [6.45, 7) is 9.71. The lowest BCUT2D eigenvalue weighted by molar-refractivity contribution is 0.147. The average Bonchev–Trinajstić information content (AvgIpc) is 2.32. The zero-order valence-electron chi connectivity index (χ0n) is 11.8. The Morgan fingerprint density at radius 2 is 1.82 bits per heavy atom. The molecule has 2 heteroatoms. The number of nitrogens with one attached hydrogen (secondary N) is 1. The molecule has 1 N–H and O–H groups in total. The highest BCUT2D eigenvalue weighted by Crippen LogP contribution is 2.32. The van der Waals surface area contributed by atoms with E-state index >= 15 is 0 Å². The van der Waals surface area contributed by atoms with Crippen LogP contribution in [0.15, 0.2) is 0 Å². The first-order valence-corrected chi connectivity index (χ1v) is 7.73. The minimum Gasteiger partial charge on any atom is -0.312 e. The van der Waals surface area contributed by atoms with E-state index in [0.717, 1.165) is 11.8 Å². The van der Waals surface area contributed by atoms with Crippen molar-refractivity contribution in [3.8, 4) is 0 Å². The van der Waals surface area contributed by atoms with Crippen molar-refractivity contribution in [1.82, 2.24) is 10.2 Å². The first-order valence-electron chi connectivity index (χ1n) is 7.73. The molecule has 2 fully saturated rings. The van der Waals surface area contributed by atoms with E-state index in [1.165, 1.54) is 64.7 Å². The van der Waals surface area contributed by atoms with Crippen molar-refractivity contribution >= 4 is 0 Å². The van der Waals surface area contributed by atoms with Crippen molar-refractivity contribution < 1.29 is 0 Å². The summed E-state index contributed by atoms with van der Waals surface area (Å²) in [5, 5.41) is 3.53. The van der Waals surface area contributed by atoms with Crippen molar-refractivity contribution in [3.05, 3.63) is 0 Å². The van der Waals surface area contributed by atoms with Crippen molar-refractivity contribution in [3.63, 3.8) is 0 Å².